The molecular formula is C16H17N5O3S. The van der Waals surface area contributed by atoms with Crippen molar-refractivity contribution < 1.29 is 13.2 Å². The van der Waals surface area contributed by atoms with Gasteiger partial charge in [0.1, 0.15) is 0 Å². The van der Waals surface area contributed by atoms with Crippen molar-refractivity contribution in [2.45, 2.75) is 24.3 Å². The maximum atomic E-state index is 12.5. The lowest BCUT2D eigenvalue weighted by Gasteiger charge is -2.18. The number of benzene rings is 1. The van der Waals surface area contributed by atoms with Gasteiger partial charge >= 0.3 is 0 Å². The number of hydrogen-bond donors (Lipinski definition) is 1. The normalized spacial score (nSPS) is 12.9. The Morgan fingerprint density at radius 3 is 2.60 bits per heavy atom. The molecule has 0 unspecified atom stereocenters. The van der Waals surface area contributed by atoms with Crippen LogP contribution in [0.4, 0.5) is 0 Å². The fraction of sp³-hybridized carbons (Fsp3) is 0.250. The summed E-state index contributed by atoms with van der Waals surface area (Å²) in [5.41, 5.74) is 1.78. The summed E-state index contributed by atoms with van der Waals surface area (Å²) in [6.07, 6.45) is 3.45. The molecule has 0 saturated carbocycles. The van der Waals surface area contributed by atoms with E-state index in [0.29, 0.717) is 17.6 Å². The molecule has 0 aliphatic carbocycles. The molecule has 8 nitrogen and oxygen atoms in total. The van der Waals surface area contributed by atoms with Gasteiger partial charge in [-0.3, -0.25) is 4.79 Å². The van der Waals surface area contributed by atoms with Crippen molar-refractivity contribution in [1.29, 1.82) is 0 Å². The highest BCUT2D eigenvalue weighted by atomic mass is 32.2. The van der Waals surface area contributed by atoms with Gasteiger partial charge in [0.2, 0.25) is 0 Å². The van der Waals surface area contributed by atoms with Crippen molar-refractivity contribution in [3.8, 4) is 0 Å². The summed E-state index contributed by atoms with van der Waals surface area (Å²) in [5, 5.41) is 14.0. The molecule has 0 aliphatic rings. The van der Waals surface area contributed by atoms with Gasteiger partial charge in [0, 0.05) is 18.0 Å². The number of tetrazole rings is 1. The summed E-state index contributed by atoms with van der Waals surface area (Å²) in [5.74, 6) is -0.246. The number of carbonyl (C=O) groups excluding carboxylic acids is 1. The van der Waals surface area contributed by atoms with E-state index < -0.39 is 9.84 Å². The van der Waals surface area contributed by atoms with Crippen LogP contribution < -0.4 is 5.32 Å². The van der Waals surface area contributed by atoms with Crippen LogP contribution in [0.1, 0.15) is 35.3 Å². The quantitative estimate of drug-likeness (QED) is 0.738. The SMILES string of the molecule is CC[C@@H](NC(=O)c1ccn2nnnc2c1)c1ccc(S(C)(=O)=O)cc1. The highest BCUT2D eigenvalue weighted by molar-refractivity contribution is 7.90. The number of sulfone groups is 1. The lowest BCUT2D eigenvalue weighted by molar-refractivity contribution is 0.0935. The number of nitrogens with one attached hydrogen (secondary N) is 1. The van der Waals surface area contributed by atoms with Crippen molar-refractivity contribution in [1.82, 2.24) is 25.4 Å². The minimum atomic E-state index is -3.24. The molecule has 0 aliphatic heterocycles. The van der Waals surface area contributed by atoms with Crippen LogP contribution in [-0.2, 0) is 9.84 Å². The third kappa shape index (κ3) is 3.66. The molecule has 0 radical (unpaired) electrons. The second kappa shape index (κ2) is 6.60. The van der Waals surface area contributed by atoms with Gasteiger partial charge in [0.25, 0.3) is 5.91 Å². The largest absolute Gasteiger partial charge is 0.345 e. The average Bonchev–Trinajstić information content (AvgIpc) is 3.06. The summed E-state index contributed by atoms with van der Waals surface area (Å²) in [7, 11) is -3.24. The molecule has 3 aromatic rings. The predicted molar refractivity (Wildman–Crippen MR) is 90.8 cm³/mol. The number of nitrogens with zero attached hydrogens (tertiary/aromatic N) is 4. The summed E-state index contributed by atoms with van der Waals surface area (Å²) < 4.78 is 24.6. The summed E-state index contributed by atoms with van der Waals surface area (Å²) in [6.45, 7) is 1.95. The molecule has 0 saturated heterocycles. The predicted octanol–water partition coefficient (Wildman–Crippen LogP) is 1.41. The Bertz CT molecular complexity index is 1010. The summed E-state index contributed by atoms with van der Waals surface area (Å²) in [6, 6.07) is 9.55. The molecule has 0 fully saturated rings. The molecule has 130 valence electrons. The van der Waals surface area contributed by atoms with Gasteiger partial charge in [-0.1, -0.05) is 19.1 Å². The Morgan fingerprint density at radius 2 is 1.96 bits per heavy atom. The van der Waals surface area contributed by atoms with Gasteiger partial charge in [-0.05, 0) is 46.7 Å². The molecule has 9 heteroatoms. The van der Waals surface area contributed by atoms with E-state index in [1.165, 1.54) is 4.52 Å². The molecule has 0 spiro atoms. The Labute approximate surface area is 144 Å². The minimum absolute atomic E-state index is 0.228. The summed E-state index contributed by atoms with van der Waals surface area (Å²) in [4.78, 5) is 12.7. The first kappa shape index (κ1) is 17.0. The van der Waals surface area contributed by atoms with Gasteiger partial charge < -0.3 is 5.32 Å². The molecule has 3 rings (SSSR count). The molecule has 0 bridgehead atoms. The molecule has 1 atom stereocenters. The number of rotatable bonds is 5. The smallest absolute Gasteiger partial charge is 0.251 e. The Kier molecular flexibility index (Phi) is 4.49. The average molecular weight is 359 g/mol. The Balaban J connectivity index is 1.80. The maximum Gasteiger partial charge on any atom is 0.251 e. The van der Waals surface area contributed by atoms with Crippen LogP contribution in [0.15, 0.2) is 47.5 Å². The van der Waals surface area contributed by atoms with Crippen LogP contribution in [-0.4, -0.2) is 40.6 Å². The zero-order chi connectivity index (χ0) is 18.0. The monoisotopic (exact) mass is 359 g/mol. The third-order valence-corrected chi connectivity index (χ3v) is 5.01. The first-order valence-corrected chi connectivity index (χ1v) is 9.56. The minimum Gasteiger partial charge on any atom is -0.345 e. The topological polar surface area (TPSA) is 106 Å². The number of hydrogen-bond acceptors (Lipinski definition) is 6. The van der Waals surface area contributed by atoms with Crippen LogP contribution in [0.2, 0.25) is 0 Å². The number of carbonyl (C=O) groups is 1. The van der Waals surface area contributed by atoms with Gasteiger partial charge in [-0.2, -0.15) is 0 Å². The number of amides is 1. The van der Waals surface area contributed by atoms with E-state index in [1.807, 2.05) is 6.92 Å². The van der Waals surface area contributed by atoms with Crippen LogP contribution >= 0.6 is 0 Å². The van der Waals surface area contributed by atoms with Crippen molar-refractivity contribution in [3.63, 3.8) is 0 Å². The molecule has 1 amide bonds. The van der Waals surface area contributed by atoms with E-state index >= 15 is 0 Å². The molecule has 25 heavy (non-hydrogen) atoms. The Morgan fingerprint density at radius 1 is 1.24 bits per heavy atom. The second-order valence-corrected chi connectivity index (χ2v) is 7.69. The van der Waals surface area contributed by atoms with Gasteiger partial charge in [-0.25, -0.2) is 12.9 Å². The highest BCUT2D eigenvalue weighted by Gasteiger charge is 2.16. The first-order valence-electron chi connectivity index (χ1n) is 7.67. The molecular weight excluding hydrogens is 342 g/mol. The summed E-state index contributed by atoms with van der Waals surface area (Å²) >= 11 is 0. The second-order valence-electron chi connectivity index (χ2n) is 5.67. The number of pyridine rings is 1. The fourth-order valence-electron chi connectivity index (χ4n) is 2.49. The molecule has 1 aromatic carbocycles. The van der Waals surface area contributed by atoms with Gasteiger partial charge in [0.15, 0.2) is 15.5 Å². The third-order valence-electron chi connectivity index (χ3n) is 3.88. The van der Waals surface area contributed by atoms with Gasteiger partial charge in [0.05, 0.1) is 10.9 Å². The highest BCUT2D eigenvalue weighted by Crippen LogP contribution is 2.20. The molecule has 2 heterocycles. The number of fused-ring (bicyclic) bond motifs is 1. The van der Waals surface area contributed by atoms with Crippen LogP contribution in [0.5, 0.6) is 0 Å². The van der Waals surface area contributed by atoms with Crippen LogP contribution in [0.3, 0.4) is 0 Å². The van der Waals surface area contributed by atoms with Crippen molar-refractivity contribution in [2.24, 2.45) is 0 Å². The van der Waals surface area contributed by atoms with E-state index in [-0.39, 0.29) is 16.8 Å². The van der Waals surface area contributed by atoms with Crippen LogP contribution in [0, 0.1) is 0 Å². The van der Waals surface area contributed by atoms with Crippen LogP contribution in [0.25, 0.3) is 5.65 Å². The Hall–Kier alpha value is -2.81. The number of aromatic nitrogens is 4. The lowest BCUT2D eigenvalue weighted by atomic mass is 10.0. The lowest BCUT2D eigenvalue weighted by Crippen LogP contribution is -2.28. The van der Waals surface area contributed by atoms with Crippen molar-refractivity contribution in [3.05, 3.63) is 53.7 Å². The van der Waals surface area contributed by atoms with Crippen molar-refractivity contribution in [2.75, 3.05) is 6.26 Å². The zero-order valence-electron chi connectivity index (χ0n) is 13.7. The maximum absolute atomic E-state index is 12.5. The fourth-order valence-corrected chi connectivity index (χ4v) is 3.12. The van der Waals surface area contributed by atoms with E-state index in [2.05, 4.69) is 20.8 Å². The van der Waals surface area contributed by atoms with Crippen molar-refractivity contribution >= 4 is 21.4 Å². The van der Waals surface area contributed by atoms with Gasteiger partial charge in [-0.15, -0.1) is 5.10 Å². The van der Waals surface area contributed by atoms with E-state index in [0.717, 1.165) is 11.8 Å². The molecule has 1 N–H and O–H groups in total. The zero-order valence-corrected chi connectivity index (χ0v) is 14.6. The molecule has 2 aromatic heterocycles. The first-order chi connectivity index (χ1) is 11.9. The van der Waals surface area contributed by atoms with E-state index in [1.54, 1.807) is 42.6 Å². The standard InChI is InChI=1S/C16H17N5O3S/c1-3-14(11-4-6-13(7-5-11)25(2,23)24)17-16(22)12-8-9-21-15(10-12)18-19-20-21/h4-10,14H,3H2,1-2H3,(H,17,22)/t14-/m1/s1. The van der Waals surface area contributed by atoms with E-state index in [9.17, 15) is 13.2 Å². The van der Waals surface area contributed by atoms with E-state index in [4.69, 9.17) is 0 Å².